The maximum absolute atomic E-state index is 13.7. The summed E-state index contributed by atoms with van der Waals surface area (Å²) in [5, 5.41) is 0. The van der Waals surface area contributed by atoms with Gasteiger partial charge in [0, 0.05) is 10.5 Å². The van der Waals surface area contributed by atoms with Gasteiger partial charge in [0.1, 0.15) is 5.82 Å². The van der Waals surface area contributed by atoms with E-state index in [0.717, 1.165) is 10.9 Å². The molecule has 0 aliphatic rings. The van der Waals surface area contributed by atoms with Crippen LogP contribution in [0.15, 0.2) is 22.7 Å². The predicted molar refractivity (Wildman–Crippen MR) is 79.0 cm³/mol. The lowest BCUT2D eigenvalue weighted by atomic mass is 9.78. The van der Waals surface area contributed by atoms with E-state index in [0.29, 0.717) is 17.9 Å². The van der Waals surface area contributed by atoms with E-state index in [1.807, 2.05) is 6.07 Å². The van der Waals surface area contributed by atoms with Crippen molar-refractivity contribution in [1.82, 2.24) is 0 Å². The van der Waals surface area contributed by atoms with Crippen molar-refractivity contribution in [3.8, 4) is 0 Å². The fraction of sp³-hybridized carbons (Fsp3) is 0.600. The van der Waals surface area contributed by atoms with Crippen LogP contribution in [0.4, 0.5) is 4.39 Å². The largest absolute Gasteiger partial charge is 0.327 e. The first kappa shape index (κ1) is 15.6. The third-order valence-corrected chi connectivity index (χ3v) is 4.13. The van der Waals surface area contributed by atoms with Gasteiger partial charge in [-0.25, -0.2) is 4.39 Å². The van der Waals surface area contributed by atoms with Crippen molar-refractivity contribution in [2.24, 2.45) is 17.1 Å². The molecule has 0 aromatic heterocycles. The Hall–Kier alpha value is -0.410. The quantitative estimate of drug-likeness (QED) is 0.868. The molecule has 0 aliphatic heterocycles. The average molecular weight is 316 g/mol. The molecule has 1 aromatic rings. The molecule has 1 nitrogen and oxygen atoms in total. The Kier molecular flexibility index (Phi) is 5.35. The molecule has 0 heterocycles. The molecule has 0 bridgehead atoms. The van der Waals surface area contributed by atoms with Crippen molar-refractivity contribution in [1.29, 1.82) is 0 Å². The highest BCUT2D eigenvalue weighted by atomic mass is 79.9. The Morgan fingerprint density at radius 2 is 1.94 bits per heavy atom. The van der Waals surface area contributed by atoms with Crippen LogP contribution < -0.4 is 5.73 Å². The normalized spacial score (nSPS) is 15.5. The first-order chi connectivity index (χ1) is 8.20. The summed E-state index contributed by atoms with van der Waals surface area (Å²) in [6, 6.07) is 5.17. The molecule has 1 aromatic carbocycles. The zero-order valence-corrected chi connectivity index (χ0v) is 13.2. The van der Waals surface area contributed by atoms with Crippen molar-refractivity contribution < 1.29 is 4.39 Å². The van der Waals surface area contributed by atoms with Crippen LogP contribution in [-0.4, -0.2) is 6.04 Å². The molecule has 102 valence electrons. The zero-order chi connectivity index (χ0) is 13.9. The van der Waals surface area contributed by atoms with Gasteiger partial charge in [-0.2, -0.15) is 0 Å². The van der Waals surface area contributed by atoms with Crippen molar-refractivity contribution in [3.63, 3.8) is 0 Å². The number of nitrogens with two attached hydrogens (primary N) is 1. The van der Waals surface area contributed by atoms with Crippen LogP contribution in [0, 0.1) is 17.2 Å². The predicted octanol–water partition coefficient (Wildman–Crippen LogP) is 4.53. The molecule has 3 heteroatoms. The van der Waals surface area contributed by atoms with E-state index in [1.54, 1.807) is 6.07 Å². The number of rotatable bonds is 4. The van der Waals surface area contributed by atoms with Gasteiger partial charge in [0.15, 0.2) is 0 Å². The van der Waals surface area contributed by atoms with Gasteiger partial charge in [0.2, 0.25) is 0 Å². The SMILES string of the molecule is CC(CC(N)Cc1ccc(Br)cc1F)C(C)(C)C. The molecule has 0 fully saturated rings. The van der Waals surface area contributed by atoms with Gasteiger partial charge >= 0.3 is 0 Å². The summed E-state index contributed by atoms with van der Waals surface area (Å²) >= 11 is 3.26. The Morgan fingerprint density at radius 1 is 1.33 bits per heavy atom. The average Bonchev–Trinajstić information content (AvgIpc) is 2.20. The topological polar surface area (TPSA) is 26.0 Å². The van der Waals surface area contributed by atoms with Crippen LogP contribution in [-0.2, 0) is 6.42 Å². The third kappa shape index (κ3) is 4.69. The Labute approximate surface area is 118 Å². The highest BCUT2D eigenvalue weighted by molar-refractivity contribution is 9.10. The van der Waals surface area contributed by atoms with E-state index in [-0.39, 0.29) is 17.3 Å². The molecule has 18 heavy (non-hydrogen) atoms. The number of halogens is 2. The number of benzene rings is 1. The second kappa shape index (κ2) is 6.16. The van der Waals surface area contributed by atoms with Crippen molar-refractivity contribution in [2.45, 2.75) is 46.6 Å². The van der Waals surface area contributed by atoms with Crippen LogP contribution in [0.3, 0.4) is 0 Å². The summed E-state index contributed by atoms with van der Waals surface area (Å²) in [4.78, 5) is 0. The number of hydrogen-bond acceptors (Lipinski definition) is 1. The van der Waals surface area contributed by atoms with Crippen LogP contribution in [0.5, 0.6) is 0 Å². The molecule has 0 aliphatic carbocycles. The molecular weight excluding hydrogens is 293 g/mol. The van der Waals surface area contributed by atoms with Crippen molar-refractivity contribution in [2.75, 3.05) is 0 Å². The second-order valence-corrected chi connectivity index (χ2v) is 7.12. The molecule has 0 saturated carbocycles. The summed E-state index contributed by atoms with van der Waals surface area (Å²) in [6.07, 6.45) is 1.51. The first-order valence-corrected chi connectivity index (χ1v) is 7.19. The standard InChI is InChI=1S/C15H23BrFN/c1-10(15(2,3)4)7-13(18)8-11-5-6-12(16)9-14(11)17/h5-6,9-10,13H,7-8,18H2,1-4H3. The second-order valence-electron chi connectivity index (χ2n) is 6.20. The van der Waals surface area contributed by atoms with E-state index in [4.69, 9.17) is 5.73 Å². The van der Waals surface area contributed by atoms with Crippen LogP contribution >= 0.6 is 15.9 Å². The highest BCUT2D eigenvalue weighted by Gasteiger charge is 2.22. The molecule has 2 atom stereocenters. The monoisotopic (exact) mass is 315 g/mol. The molecule has 2 N–H and O–H groups in total. The maximum atomic E-state index is 13.7. The first-order valence-electron chi connectivity index (χ1n) is 6.39. The fourth-order valence-corrected chi connectivity index (χ4v) is 2.19. The Bertz CT molecular complexity index is 398. The van der Waals surface area contributed by atoms with Gasteiger partial charge in [-0.15, -0.1) is 0 Å². The molecule has 0 amide bonds. The lowest BCUT2D eigenvalue weighted by Crippen LogP contribution is -2.30. The molecule has 0 saturated heterocycles. The number of hydrogen-bond donors (Lipinski definition) is 1. The molecule has 1 rings (SSSR count). The van der Waals surface area contributed by atoms with E-state index in [1.165, 1.54) is 6.07 Å². The minimum Gasteiger partial charge on any atom is -0.327 e. The summed E-state index contributed by atoms with van der Waals surface area (Å²) < 4.78 is 14.5. The molecule has 2 unspecified atom stereocenters. The lowest BCUT2D eigenvalue weighted by Gasteiger charge is -2.29. The Balaban J connectivity index is 2.62. The lowest BCUT2D eigenvalue weighted by molar-refractivity contribution is 0.232. The molecule has 0 radical (unpaired) electrons. The van der Waals surface area contributed by atoms with Crippen LogP contribution in [0.2, 0.25) is 0 Å². The van der Waals surface area contributed by atoms with Crippen LogP contribution in [0.25, 0.3) is 0 Å². The van der Waals surface area contributed by atoms with Gasteiger partial charge < -0.3 is 5.73 Å². The van der Waals surface area contributed by atoms with E-state index in [9.17, 15) is 4.39 Å². The highest BCUT2D eigenvalue weighted by Crippen LogP contribution is 2.29. The van der Waals surface area contributed by atoms with Crippen molar-refractivity contribution in [3.05, 3.63) is 34.1 Å². The van der Waals surface area contributed by atoms with Crippen molar-refractivity contribution >= 4 is 15.9 Å². The minimum absolute atomic E-state index is 0.00917. The molecular formula is C15H23BrFN. The summed E-state index contributed by atoms with van der Waals surface area (Å²) in [6.45, 7) is 8.84. The maximum Gasteiger partial charge on any atom is 0.127 e. The minimum atomic E-state index is -0.178. The van der Waals surface area contributed by atoms with Gasteiger partial charge in [-0.1, -0.05) is 49.7 Å². The summed E-state index contributed by atoms with van der Waals surface area (Å²) in [7, 11) is 0. The van der Waals surface area contributed by atoms with Gasteiger partial charge in [0.25, 0.3) is 0 Å². The van der Waals surface area contributed by atoms with E-state index < -0.39 is 0 Å². The third-order valence-electron chi connectivity index (χ3n) is 3.63. The molecule has 0 spiro atoms. The van der Waals surface area contributed by atoms with Crippen LogP contribution in [0.1, 0.15) is 39.7 Å². The zero-order valence-electron chi connectivity index (χ0n) is 11.6. The summed E-state index contributed by atoms with van der Waals surface area (Å²) in [5.74, 6) is 0.342. The smallest absolute Gasteiger partial charge is 0.127 e. The van der Waals surface area contributed by atoms with Gasteiger partial charge in [-0.3, -0.25) is 0 Å². The van der Waals surface area contributed by atoms with Gasteiger partial charge in [0.05, 0.1) is 0 Å². The van der Waals surface area contributed by atoms with Gasteiger partial charge in [-0.05, 0) is 41.9 Å². The fourth-order valence-electron chi connectivity index (χ4n) is 1.86. The summed E-state index contributed by atoms with van der Waals surface area (Å²) in [5.41, 5.74) is 7.08. The Morgan fingerprint density at radius 3 is 2.44 bits per heavy atom. The van der Waals surface area contributed by atoms with E-state index >= 15 is 0 Å². The van der Waals surface area contributed by atoms with E-state index in [2.05, 4.69) is 43.6 Å².